The van der Waals surface area contributed by atoms with Crippen LogP contribution >= 0.6 is 0 Å². The minimum absolute atomic E-state index is 0.0123. The molecule has 1 aliphatic heterocycles. The Balaban J connectivity index is 2.03. The first-order valence-corrected chi connectivity index (χ1v) is 10.1. The van der Waals surface area contributed by atoms with Crippen LogP contribution in [-0.2, 0) is 0 Å². The maximum Gasteiger partial charge on any atom is 0.266 e. The van der Waals surface area contributed by atoms with Crippen molar-refractivity contribution in [1.82, 2.24) is 14.5 Å². The third-order valence-electron chi connectivity index (χ3n) is 5.98. The lowest BCUT2D eigenvalue weighted by molar-refractivity contribution is 0.100. The highest BCUT2D eigenvalue weighted by atomic mass is 16.3. The van der Waals surface area contributed by atoms with E-state index in [9.17, 15) is 14.7 Å². The second-order valence-corrected chi connectivity index (χ2v) is 8.02. The Morgan fingerprint density at radius 2 is 1.84 bits per heavy atom. The number of aryl methyl sites for hydroxylation is 1. The lowest BCUT2D eigenvalue weighted by atomic mass is 10.1. The smallest absolute Gasteiger partial charge is 0.266 e. The van der Waals surface area contributed by atoms with Crippen LogP contribution in [0.1, 0.15) is 21.5 Å². The minimum Gasteiger partial charge on any atom is -0.508 e. The maximum absolute atomic E-state index is 13.6. The summed E-state index contributed by atoms with van der Waals surface area (Å²) in [6.07, 6.45) is 1.65. The highest BCUT2D eigenvalue weighted by Crippen LogP contribution is 2.31. The molecule has 0 atom stereocenters. The molecule has 1 aromatic carbocycles. The number of rotatable bonds is 3. The number of phenolic OH excluding ortho intramolecular Hbond substituents is 1. The molecular weight excluding hydrogens is 396 g/mol. The Kier molecular flexibility index (Phi) is 5.06. The fraction of sp³-hybridized carbons (Fsp3) is 0.318. The van der Waals surface area contributed by atoms with Gasteiger partial charge >= 0.3 is 0 Å². The molecule has 4 rings (SSSR count). The van der Waals surface area contributed by atoms with Gasteiger partial charge in [0.05, 0.1) is 28.5 Å². The first-order valence-electron chi connectivity index (χ1n) is 10.1. The number of benzene rings is 1. The van der Waals surface area contributed by atoms with Gasteiger partial charge in [-0.2, -0.15) is 0 Å². The number of nitrogens with zero attached hydrogens (tertiary/aromatic N) is 4. The molecule has 0 unspecified atom stereocenters. The van der Waals surface area contributed by atoms with Gasteiger partial charge in [-0.25, -0.2) is 0 Å². The maximum atomic E-state index is 13.6. The van der Waals surface area contributed by atoms with E-state index in [1.165, 1.54) is 4.57 Å². The average molecular weight is 422 g/mol. The monoisotopic (exact) mass is 422 g/mol. The number of amides is 1. The molecule has 2 aromatic heterocycles. The molecule has 9 heteroatoms. The van der Waals surface area contributed by atoms with Crippen LogP contribution < -0.4 is 21.9 Å². The van der Waals surface area contributed by atoms with Gasteiger partial charge in [-0.05, 0) is 38.6 Å². The van der Waals surface area contributed by atoms with Crippen LogP contribution in [0.25, 0.3) is 16.6 Å². The van der Waals surface area contributed by atoms with Crippen LogP contribution in [-0.4, -0.2) is 58.7 Å². The zero-order valence-corrected chi connectivity index (χ0v) is 17.8. The van der Waals surface area contributed by atoms with Crippen LogP contribution in [0.5, 0.6) is 5.75 Å². The number of aromatic nitrogens is 2. The van der Waals surface area contributed by atoms with Crippen molar-refractivity contribution in [1.29, 1.82) is 0 Å². The Morgan fingerprint density at radius 1 is 1.16 bits per heavy atom. The number of hydrogen-bond donors (Lipinski definition) is 3. The van der Waals surface area contributed by atoms with E-state index in [1.807, 2.05) is 0 Å². The summed E-state index contributed by atoms with van der Waals surface area (Å²) in [4.78, 5) is 34.7. The quantitative estimate of drug-likeness (QED) is 0.577. The number of carbonyl (C=O) groups excluding carboxylic acids is 1. The van der Waals surface area contributed by atoms with E-state index in [2.05, 4.69) is 21.8 Å². The molecule has 0 saturated carbocycles. The number of phenols is 1. The number of piperazine rings is 1. The van der Waals surface area contributed by atoms with Gasteiger partial charge in [0.25, 0.3) is 11.5 Å². The van der Waals surface area contributed by atoms with Gasteiger partial charge in [0.2, 0.25) is 0 Å². The standard InChI is InChI=1S/C22H26N6O3/c1-12-4-5-16(29)13(2)19(12)28-20(23)17(21(24)30)18-15(22(28)31)10-14(11-25-18)27-8-6-26(3)7-9-27/h4-5,10-11,29H,6-9,23H2,1-3H3,(H2,24,30). The molecule has 162 valence electrons. The molecule has 0 spiro atoms. The number of pyridine rings is 2. The molecular formula is C22H26N6O3. The number of carbonyl (C=O) groups is 1. The fourth-order valence-corrected chi connectivity index (χ4v) is 4.15. The lowest BCUT2D eigenvalue weighted by Crippen LogP contribution is -2.44. The lowest BCUT2D eigenvalue weighted by Gasteiger charge is -2.34. The number of nitrogens with two attached hydrogens (primary N) is 2. The Morgan fingerprint density at radius 3 is 2.48 bits per heavy atom. The molecule has 1 fully saturated rings. The van der Waals surface area contributed by atoms with E-state index in [4.69, 9.17) is 11.5 Å². The normalized spacial score (nSPS) is 14.9. The number of fused-ring (bicyclic) bond motifs is 1. The molecule has 1 aliphatic rings. The van der Waals surface area contributed by atoms with Crippen LogP contribution in [0.2, 0.25) is 0 Å². The summed E-state index contributed by atoms with van der Waals surface area (Å²) in [5, 5.41) is 10.5. The molecule has 1 amide bonds. The van der Waals surface area contributed by atoms with Gasteiger partial charge in [-0.3, -0.25) is 19.1 Å². The van der Waals surface area contributed by atoms with E-state index >= 15 is 0 Å². The molecule has 9 nitrogen and oxygen atoms in total. The number of hydrogen-bond acceptors (Lipinski definition) is 7. The number of likely N-dealkylation sites (N-methyl/N-ethyl adjacent to an activating group) is 1. The summed E-state index contributed by atoms with van der Waals surface area (Å²) in [6.45, 7) is 6.91. The van der Waals surface area contributed by atoms with Crippen molar-refractivity contribution in [3.05, 3.63) is 51.4 Å². The van der Waals surface area contributed by atoms with E-state index in [0.717, 1.165) is 37.4 Å². The third-order valence-corrected chi connectivity index (χ3v) is 5.98. The zero-order chi connectivity index (χ0) is 22.4. The van der Waals surface area contributed by atoms with E-state index in [1.54, 1.807) is 38.2 Å². The SMILES string of the molecule is Cc1ccc(O)c(C)c1-n1c(N)c(C(N)=O)c2ncc(N3CCN(C)CC3)cc2c1=O. The van der Waals surface area contributed by atoms with Crippen molar-refractivity contribution in [2.24, 2.45) is 5.73 Å². The van der Waals surface area contributed by atoms with Gasteiger partial charge in [0.1, 0.15) is 17.1 Å². The second kappa shape index (κ2) is 7.59. The third kappa shape index (κ3) is 3.36. The van der Waals surface area contributed by atoms with Crippen molar-refractivity contribution in [2.45, 2.75) is 13.8 Å². The number of nitrogen functional groups attached to an aromatic ring is 1. The molecule has 3 aromatic rings. The molecule has 0 aliphatic carbocycles. The van der Waals surface area contributed by atoms with Crippen LogP contribution in [0.3, 0.4) is 0 Å². The average Bonchev–Trinajstić information content (AvgIpc) is 2.73. The minimum atomic E-state index is -0.772. The fourth-order valence-electron chi connectivity index (χ4n) is 4.15. The summed E-state index contributed by atoms with van der Waals surface area (Å²) in [6, 6.07) is 4.99. The van der Waals surface area contributed by atoms with E-state index in [-0.39, 0.29) is 28.0 Å². The van der Waals surface area contributed by atoms with Crippen LogP contribution in [0.15, 0.2) is 29.2 Å². The second-order valence-electron chi connectivity index (χ2n) is 8.02. The van der Waals surface area contributed by atoms with Gasteiger partial charge in [0, 0.05) is 31.7 Å². The van der Waals surface area contributed by atoms with E-state index < -0.39 is 11.5 Å². The van der Waals surface area contributed by atoms with Gasteiger partial charge in [0.15, 0.2) is 0 Å². The molecule has 3 heterocycles. The van der Waals surface area contributed by atoms with Gasteiger partial charge < -0.3 is 26.4 Å². The summed E-state index contributed by atoms with van der Waals surface area (Å²) >= 11 is 0. The zero-order valence-electron chi connectivity index (χ0n) is 17.8. The van der Waals surface area contributed by atoms with Crippen LogP contribution in [0, 0.1) is 13.8 Å². The molecule has 0 bridgehead atoms. The van der Waals surface area contributed by atoms with Crippen molar-refractivity contribution >= 4 is 28.3 Å². The predicted molar refractivity (Wildman–Crippen MR) is 121 cm³/mol. The first-order chi connectivity index (χ1) is 14.7. The van der Waals surface area contributed by atoms with Crippen LogP contribution in [0.4, 0.5) is 11.5 Å². The molecule has 0 radical (unpaired) electrons. The van der Waals surface area contributed by atoms with Gasteiger partial charge in [-0.15, -0.1) is 0 Å². The van der Waals surface area contributed by atoms with Crippen molar-refractivity contribution in [2.75, 3.05) is 43.9 Å². The Bertz CT molecular complexity index is 1260. The Hall–Kier alpha value is -3.59. The largest absolute Gasteiger partial charge is 0.508 e. The molecule has 5 N–H and O–H groups in total. The van der Waals surface area contributed by atoms with Crippen molar-refractivity contribution in [3.8, 4) is 11.4 Å². The number of primary amides is 1. The predicted octanol–water partition coefficient (Wildman–Crippen LogP) is 1.14. The highest BCUT2D eigenvalue weighted by Gasteiger charge is 2.24. The highest BCUT2D eigenvalue weighted by molar-refractivity contribution is 6.09. The van der Waals surface area contributed by atoms with E-state index in [0.29, 0.717) is 11.3 Å². The van der Waals surface area contributed by atoms with Crippen molar-refractivity contribution < 1.29 is 9.90 Å². The number of aromatic hydroxyl groups is 1. The summed E-state index contributed by atoms with van der Waals surface area (Å²) in [5.41, 5.74) is 14.1. The molecule has 31 heavy (non-hydrogen) atoms. The summed E-state index contributed by atoms with van der Waals surface area (Å²) < 4.78 is 1.25. The number of anilines is 2. The van der Waals surface area contributed by atoms with Crippen molar-refractivity contribution in [3.63, 3.8) is 0 Å². The summed E-state index contributed by atoms with van der Waals surface area (Å²) in [5.74, 6) is -0.842. The summed E-state index contributed by atoms with van der Waals surface area (Å²) in [7, 11) is 2.07. The first kappa shape index (κ1) is 20.7. The Labute approximate surface area is 179 Å². The molecule has 1 saturated heterocycles. The van der Waals surface area contributed by atoms with Gasteiger partial charge in [-0.1, -0.05) is 6.07 Å². The topological polar surface area (TPSA) is 131 Å².